The van der Waals surface area contributed by atoms with E-state index in [4.69, 9.17) is 5.73 Å². The third kappa shape index (κ3) is 4.20. The lowest BCUT2D eigenvalue weighted by molar-refractivity contribution is -0.133. The summed E-state index contributed by atoms with van der Waals surface area (Å²) < 4.78 is 0. The number of piperazine rings is 1. The average molecular weight is 322 g/mol. The zero-order chi connectivity index (χ0) is 15.4. The highest BCUT2D eigenvalue weighted by molar-refractivity contribution is 7.15. The van der Waals surface area contributed by atoms with E-state index in [0.29, 0.717) is 11.0 Å². The predicted molar refractivity (Wildman–Crippen MR) is 89.6 cm³/mol. The second kappa shape index (κ2) is 7.42. The van der Waals surface area contributed by atoms with Crippen molar-refractivity contribution >= 4 is 22.4 Å². The molecule has 3 rings (SSSR count). The summed E-state index contributed by atoms with van der Waals surface area (Å²) in [5.41, 5.74) is 5.67. The van der Waals surface area contributed by atoms with Crippen LogP contribution in [0.4, 0.5) is 5.13 Å². The van der Waals surface area contributed by atoms with Crippen molar-refractivity contribution in [2.24, 2.45) is 5.92 Å². The number of nitrogens with two attached hydrogens (primary N) is 1. The fraction of sp³-hybridized carbons (Fsp3) is 0.750. The summed E-state index contributed by atoms with van der Waals surface area (Å²) >= 11 is 1.56. The zero-order valence-electron chi connectivity index (χ0n) is 13.2. The topological polar surface area (TPSA) is 62.5 Å². The lowest BCUT2D eigenvalue weighted by Gasteiger charge is -2.34. The van der Waals surface area contributed by atoms with Crippen molar-refractivity contribution in [1.82, 2.24) is 14.8 Å². The van der Waals surface area contributed by atoms with Crippen LogP contribution >= 0.6 is 11.3 Å². The highest BCUT2D eigenvalue weighted by atomic mass is 32.1. The van der Waals surface area contributed by atoms with Gasteiger partial charge in [0.2, 0.25) is 5.91 Å². The number of thiazole rings is 1. The third-order valence-corrected chi connectivity index (χ3v) is 5.73. The fourth-order valence-electron chi connectivity index (χ4n) is 3.56. The number of amides is 1. The second-order valence-corrected chi connectivity index (χ2v) is 7.66. The number of rotatable bonds is 5. The minimum absolute atomic E-state index is 0.355. The molecule has 6 heteroatoms. The van der Waals surface area contributed by atoms with Gasteiger partial charge in [0, 0.05) is 50.2 Å². The molecule has 0 atom stereocenters. The molecule has 2 N–H and O–H groups in total. The van der Waals surface area contributed by atoms with Crippen LogP contribution in [0.1, 0.15) is 43.4 Å². The number of anilines is 1. The van der Waals surface area contributed by atoms with Crippen molar-refractivity contribution in [2.45, 2.75) is 45.1 Å². The summed E-state index contributed by atoms with van der Waals surface area (Å²) in [6, 6.07) is 0. The van der Waals surface area contributed by atoms with Crippen molar-refractivity contribution in [3.05, 3.63) is 11.1 Å². The molecular formula is C16H26N4OS. The predicted octanol–water partition coefficient (Wildman–Crippen LogP) is 2.34. The van der Waals surface area contributed by atoms with Crippen LogP contribution in [-0.4, -0.2) is 46.9 Å². The standard InChI is InChI=1S/C16H26N4OS/c17-16-18-11-14(22-16)12-19-7-9-20(10-8-19)15(21)6-5-13-3-1-2-4-13/h11,13H,1-10,12H2,(H2,17,18). The van der Waals surface area contributed by atoms with Crippen molar-refractivity contribution in [2.75, 3.05) is 31.9 Å². The molecule has 1 saturated carbocycles. The average Bonchev–Trinajstić information content (AvgIpc) is 3.17. The van der Waals surface area contributed by atoms with Crippen LogP contribution in [0.3, 0.4) is 0 Å². The molecule has 1 saturated heterocycles. The van der Waals surface area contributed by atoms with Gasteiger partial charge in [-0.05, 0) is 12.3 Å². The highest BCUT2D eigenvalue weighted by Gasteiger charge is 2.23. The molecule has 0 unspecified atom stereocenters. The largest absolute Gasteiger partial charge is 0.375 e. The van der Waals surface area contributed by atoms with Gasteiger partial charge < -0.3 is 10.6 Å². The van der Waals surface area contributed by atoms with E-state index < -0.39 is 0 Å². The normalized spacial score (nSPS) is 20.6. The lowest BCUT2D eigenvalue weighted by atomic mass is 10.0. The molecule has 1 amide bonds. The Morgan fingerprint density at radius 2 is 2.00 bits per heavy atom. The number of nitrogens with zero attached hydrogens (tertiary/aromatic N) is 3. The van der Waals surface area contributed by atoms with Gasteiger partial charge in [-0.2, -0.15) is 0 Å². The van der Waals surface area contributed by atoms with Gasteiger partial charge in [-0.1, -0.05) is 25.7 Å². The molecule has 0 aromatic carbocycles. The van der Waals surface area contributed by atoms with E-state index >= 15 is 0 Å². The van der Waals surface area contributed by atoms with Crippen LogP contribution < -0.4 is 5.73 Å². The Morgan fingerprint density at radius 1 is 1.27 bits per heavy atom. The van der Waals surface area contributed by atoms with E-state index in [-0.39, 0.29) is 0 Å². The minimum atomic E-state index is 0.355. The van der Waals surface area contributed by atoms with Gasteiger partial charge in [0.05, 0.1) is 0 Å². The van der Waals surface area contributed by atoms with Gasteiger partial charge in [0.25, 0.3) is 0 Å². The van der Waals surface area contributed by atoms with Crippen molar-refractivity contribution in [3.63, 3.8) is 0 Å². The summed E-state index contributed by atoms with van der Waals surface area (Å²) in [7, 11) is 0. The maximum Gasteiger partial charge on any atom is 0.222 e. The Morgan fingerprint density at radius 3 is 2.64 bits per heavy atom. The monoisotopic (exact) mass is 322 g/mol. The summed E-state index contributed by atoms with van der Waals surface area (Å²) in [6.45, 7) is 4.52. The Balaban J connectivity index is 1.38. The maximum absolute atomic E-state index is 12.3. The molecule has 0 radical (unpaired) electrons. The molecule has 1 aromatic rings. The van der Waals surface area contributed by atoms with E-state index in [1.54, 1.807) is 11.3 Å². The van der Waals surface area contributed by atoms with Gasteiger partial charge in [-0.15, -0.1) is 11.3 Å². The van der Waals surface area contributed by atoms with Crippen LogP contribution in [0, 0.1) is 5.92 Å². The Labute approximate surface area is 136 Å². The number of carbonyl (C=O) groups excluding carboxylic acids is 1. The Hall–Kier alpha value is -1.14. The molecule has 122 valence electrons. The van der Waals surface area contributed by atoms with Crippen LogP contribution in [0.5, 0.6) is 0 Å². The van der Waals surface area contributed by atoms with E-state index in [1.165, 1.54) is 30.6 Å². The summed E-state index contributed by atoms with van der Waals surface area (Å²) in [5.74, 6) is 1.16. The highest BCUT2D eigenvalue weighted by Crippen LogP contribution is 2.28. The van der Waals surface area contributed by atoms with Crippen LogP contribution in [0.25, 0.3) is 0 Å². The third-order valence-electron chi connectivity index (χ3n) is 4.92. The van der Waals surface area contributed by atoms with E-state index in [9.17, 15) is 4.79 Å². The molecule has 22 heavy (non-hydrogen) atoms. The smallest absolute Gasteiger partial charge is 0.222 e. The van der Waals surface area contributed by atoms with Gasteiger partial charge >= 0.3 is 0 Å². The molecular weight excluding hydrogens is 296 g/mol. The summed E-state index contributed by atoms with van der Waals surface area (Å²) in [4.78, 5) is 22.0. The maximum atomic E-state index is 12.3. The first-order valence-corrected chi connectivity index (χ1v) is 9.22. The van der Waals surface area contributed by atoms with Crippen molar-refractivity contribution in [3.8, 4) is 0 Å². The lowest BCUT2D eigenvalue weighted by Crippen LogP contribution is -2.48. The van der Waals surface area contributed by atoms with Crippen molar-refractivity contribution < 1.29 is 4.79 Å². The number of nitrogen functional groups attached to an aromatic ring is 1. The first-order valence-electron chi connectivity index (χ1n) is 8.41. The minimum Gasteiger partial charge on any atom is -0.375 e. The van der Waals surface area contributed by atoms with Gasteiger partial charge in [0.15, 0.2) is 5.13 Å². The molecule has 2 heterocycles. The molecule has 5 nitrogen and oxygen atoms in total. The summed E-state index contributed by atoms with van der Waals surface area (Å²) in [5, 5.41) is 0.635. The number of hydrogen-bond acceptors (Lipinski definition) is 5. The first-order chi connectivity index (χ1) is 10.7. The van der Waals surface area contributed by atoms with Crippen molar-refractivity contribution in [1.29, 1.82) is 0 Å². The molecule has 0 bridgehead atoms. The fourth-order valence-corrected chi connectivity index (χ4v) is 4.28. The van der Waals surface area contributed by atoms with Gasteiger partial charge in [-0.25, -0.2) is 4.98 Å². The second-order valence-electron chi connectivity index (χ2n) is 6.51. The number of aromatic nitrogens is 1. The van der Waals surface area contributed by atoms with E-state index in [0.717, 1.165) is 51.5 Å². The van der Waals surface area contributed by atoms with Crippen LogP contribution in [0.15, 0.2) is 6.20 Å². The number of hydrogen-bond donors (Lipinski definition) is 1. The molecule has 1 aromatic heterocycles. The van der Waals surface area contributed by atoms with Crippen LogP contribution in [0.2, 0.25) is 0 Å². The molecule has 2 fully saturated rings. The Kier molecular flexibility index (Phi) is 5.31. The van der Waals surface area contributed by atoms with E-state index in [2.05, 4.69) is 9.88 Å². The SMILES string of the molecule is Nc1ncc(CN2CCN(C(=O)CCC3CCCC3)CC2)s1. The van der Waals surface area contributed by atoms with E-state index in [1.807, 2.05) is 11.1 Å². The summed E-state index contributed by atoms with van der Waals surface area (Å²) in [6.07, 6.45) is 9.09. The number of carbonyl (C=O) groups is 1. The molecule has 1 aliphatic carbocycles. The molecule has 0 spiro atoms. The zero-order valence-corrected chi connectivity index (χ0v) is 14.0. The first kappa shape index (κ1) is 15.7. The molecule has 1 aliphatic heterocycles. The van der Waals surface area contributed by atoms with Gasteiger partial charge in [-0.3, -0.25) is 9.69 Å². The van der Waals surface area contributed by atoms with Crippen LogP contribution in [-0.2, 0) is 11.3 Å². The Bertz CT molecular complexity index is 490. The van der Waals surface area contributed by atoms with Gasteiger partial charge in [0.1, 0.15) is 0 Å². The molecule has 2 aliphatic rings. The quantitative estimate of drug-likeness (QED) is 0.904.